The molecule has 0 heterocycles. The molecule has 0 radical (unpaired) electrons. The van der Waals surface area contributed by atoms with Crippen LogP contribution in [0.2, 0.25) is 10.0 Å². The fourth-order valence-corrected chi connectivity index (χ4v) is 3.45. The van der Waals surface area contributed by atoms with Crippen LogP contribution in [0, 0.1) is 6.92 Å². The summed E-state index contributed by atoms with van der Waals surface area (Å²) in [6, 6.07) is 23.8. The molecule has 9 heteroatoms. The number of benzene rings is 4. The predicted octanol–water partition coefficient (Wildman–Crippen LogP) is 6.50. The van der Waals surface area contributed by atoms with E-state index in [9.17, 15) is 14.4 Å². The molecule has 0 saturated heterocycles. The van der Waals surface area contributed by atoms with E-state index >= 15 is 0 Å². The van der Waals surface area contributed by atoms with Gasteiger partial charge in [0, 0.05) is 27.2 Å². The maximum atomic E-state index is 12.8. The number of hydrazone groups is 1. The first-order valence-electron chi connectivity index (χ1n) is 11.3. The van der Waals surface area contributed by atoms with Gasteiger partial charge in [0.05, 0.1) is 17.3 Å². The van der Waals surface area contributed by atoms with Gasteiger partial charge in [0.25, 0.3) is 5.91 Å². The molecule has 7 nitrogen and oxygen atoms in total. The lowest BCUT2D eigenvalue weighted by Gasteiger charge is -2.11. The minimum Gasteiger partial charge on any atom is -0.423 e. The number of carbonyl (C=O) groups excluding carboxylic acids is 3. The number of hydrogen-bond acceptors (Lipinski definition) is 6. The minimum atomic E-state index is -0.666. The van der Waals surface area contributed by atoms with Crippen molar-refractivity contribution in [2.75, 3.05) is 0 Å². The first kappa shape index (κ1) is 26.6. The van der Waals surface area contributed by atoms with Crippen LogP contribution in [0.1, 0.15) is 42.2 Å². The van der Waals surface area contributed by atoms with Crippen LogP contribution < -0.4 is 14.9 Å². The molecule has 0 unspecified atom stereocenters. The van der Waals surface area contributed by atoms with Gasteiger partial charge in [0.1, 0.15) is 11.5 Å². The smallest absolute Gasteiger partial charge is 0.343 e. The second-order valence-corrected chi connectivity index (χ2v) is 8.93. The summed E-state index contributed by atoms with van der Waals surface area (Å²) in [4.78, 5) is 37.7. The zero-order valence-corrected chi connectivity index (χ0v) is 21.5. The zero-order valence-electron chi connectivity index (χ0n) is 20.0. The molecule has 0 aliphatic heterocycles. The van der Waals surface area contributed by atoms with E-state index in [1.54, 1.807) is 36.4 Å². The molecule has 38 heavy (non-hydrogen) atoms. The van der Waals surface area contributed by atoms with Gasteiger partial charge in [0.2, 0.25) is 0 Å². The van der Waals surface area contributed by atoms with Crippen molar-refractivity contribution in [2.24, 2.45) is 5.10 Å². The van der Waals surface area contributed by atoms with Crippen LogP contribution in [-0.4, -0.2) is 24.1 Å². The lowest BCUT2D eigenvalue weighted by Crippen LogP contribution is -2.17. The van der Waals surface area contributed by atoms with E-state index < -0.39 is 17.8 Å². The summed E-state index contributed by atoms with van der Waals surface area (Å²) in [6.07, 6.45) is 1.32. The molecule has 4 rings (SSSR count). The van der Waals surface area contributed by atoms with E-state index in [0.717, 1.165) is 5.56 Å². The third kappa shape index (κ3) is 7.06. The number of hydrogen-bond donors (Lipinski definition) is 1. The summed E-state index contributed by atoms with van der Waals surface area (Å²) >= 11 is 11.8. The van der Waals surface area contributed by atoms with Crippen LogP contribution in [0.25, 0.3) is 0 Å². The second-order valence-electron chi connectivity index (χ2n) is 8.06. The first-order chi connectivity index (χ1) is 18.3. The molecule has 190 valence electrons. The molecule has 0 bridgehead atoms. The Kier molecular flexibility index (Phi) is 8.53. The average molecular weight is 547 g/mol. The van der Waals surface area contributed by atoms with Crippen LogP contribution in [0.4, 0.5) is 0 Å². The van der Waals surface area contributed by atoms with Crippen LogP contribution in [0.3, 0.4) is 0 Å². The van der Waals surface area contributed by atoms with Gasteiger partial charge in [-0.1, -0.05) is 40.9 Å². The minimum absolute atomic E-state index is 0.0553. The van der Waals surface area contributed by atoms with Crippen molar-refractivity contribution >= 4 is 47.3 Å². The Morgan fingerprint density at radius 1 is 0.711 bits per heavy atom. The third-order valence-electron chi connectivity index (χ3n) is 5.24. The number of esters is 2. The molecule has 0 saturated carbocycles. The molecule has 4 aromatic carbocycles. The molecule has 0 spiro atoms. The molecular weight excluding hydrogens is 527 g/mol. The van der Waals surface area contributed by atoms with Crippen LogP contribution in [0.15, 0.2) is 96.1 Å². The Morgan fingerprint density at radius 3 is 1.82 bits per heavy atom. The highest BCUT2D eigenvalue weighted by Crippen LogP contribution is 2.26. The predicted molar refractivity (Wildman–Crippen MR) is 146 cm³/mol. The lowest BCUT2D eigenvalue weighted by molar-refractivity contribution is 0.0732. The average Bonchev–Trinajstić information content (AvgIpc) is 2.91. The largest absolute Gasteiger partial charge is 0.423 e. The van der Waals surface area contributed by atoms with E-state index in [4.69, 9.17) is 32.7 Å². The van der Waals surface area contributed by atoms with Crippen molar-refractivity contribution in [3.8, 4) is 11.5 Å². The first-order valence-corrected chi connectivity index (χ1v) is 12.0. The van der Waals surface area contributed by atoms with Crippen molar-refractivity contribution in [2.45, 2.75) is 6.92 Å². The van der Waals surface area contributed by atoms with Gasteiger partial charge < -0.3 is 9.47 Å². The number of nitrogens with one attached hydrogen (secondary N) is 1. The van der Waals surface area contributed by atoms with E-state index in [2.05, 4.69) is 10.5 Å². The van der Waals surface area contributed by atoms with Crippen molar-refractivity contribution < 1.29 is 23.9 Å². The maximum absolute atomic E-state index is 12.8. The van der Waals surface area contributed by atoms with E-state index in [1.807, 2.05) is 19.1 Å². The highest BCUT2D eigenvalue weighted by atomic mass is 35.5. The standard InChI is InChI=1S/C29H20Cl2N2O5/c1-18-2-4-19(5-3-18)27(34)33-32-17-22-10-15-25(37-28(35)20-6-11-23(30)12-7-20)16-26(22)38-29(36)21-8-13-24(31)14-9-21/h2-17H,1H3,(H,33,34)/b32-17-. The summed E-state index contributed by atoms with van der Waals surface area (Å²) in [5.41, 5.74) is 4.79. The highest BCUT2D eigenvalue weighted by molar-refractivity contribution is 6.31. The molecule has 0 aliphatic carbocycles. The fraction of sp³-hybridized carbons (Fsp3) is 0.0345. The quantitative estimate of drug-likeness (QED) is 0.123. The number of ether oxygens (including phenoxy) is 2. The summed E-state index contributed by atoms with van der Waals surface area (Å²) in [5, 5.41) is 4.94. The number of carbonyl (C=O) groups is 3. The molecule has 0 atom stereocenters. The van der Waals surface area contributed by atoms with Gasteiger partial charge in [-0.25, -0.2) is 15.0 Å². The van der Waals surface area contributed by atoms with Gasteiger partial charge in [-0.3, -0.25) is 4.79 Å². The summed E-state index contributed by atoms with van der Waals surface area (Å²) < 4.78 is 11.0. The number of aryl methyl sites for hydroxylation is 1. The molecule has 4 aromatic rings. The monoisotopic (exact) mass is 546 g/mol. The van der Waals surface area contributed by atoms with Crippen LogP contribution in [0.5, 0.6) is 11.5 Å². The molecule has 0 fully saturated rings. The van der Waals surface area contributed by atoms with Gasteiger partial charge in [-0.2, -0.15) is 5.10 Å². The normalized spacial score (nSPS) is 10.7. The Morgan fingerprint density at radius 2 is 1.24 bits per heavy atom. The van der Waals surface area contributed by atoms with Crippen LogP contribution in [-0.2, 0) is 0 Å². The Hall–Kier alpha value is -4.46. The Balaban J connectivity index is 1.56. The SMILES string of the molecule is Cc1ccc(C(=O)N/N=C\c2ccc(OC(=O)c3ccc(Cl)cc3)cc2OC(=O)c2ccc(Cl)cc2)cc1. The molecule has 0 aromatic heterocycles. The van der Waals surface area contributed by atoms with E-state index in [0.29, 0.717) is 26.7 Å². The van der Waals surface area contributed by atoms with Crippen molar-refractivity contribution in [3.05, 3.63) is 129 Å². The fourth-order valence-electron chi connectivity index (χ4n) is 3.20. The summed E-state index contributed by atoms with van der Waals surface area (Å²) in [5.74, 6) is -1.51. The highest BCUT2D eigenvalue weighted by Gasteiger charge is 2.15. The van der Waals surface area contributed by atoms with Crippen molar-refractivity contribution in [1.29, 1.82) is 0 Å². The van der Waals surface area contributed by atoms with Gasteiger partial charge in [-0.05, 0) is 79.7 Å². The van der Waals surface area contributed by atoms with E-state index in [-0.39, 0.29) is 17.1 Å². The summed E-state index contributed by atoms with van der Waals surface area (Å²) in [7, 11) is 0. The molecule has 0 aliphatic rings. The van der Waals surface area contributed by atoms with Gasteiger partial charge >= 0.3 is 11.9 Å². The van der Waals surface area contributed by atoms with Crippen molar-refractivity contribution in [3.63, 3.8) is 0 Å². The van der Waals surface area contributed by atoms with Crippen LogP contribution >= 0.6 is 23.2 Å². The Bertz CT molecular complexity index is 1500. The molecule has 1 N–H and O–H groups in total. The number of amides is 1. The topological polar surface area (TPSA) is 94.1 Å². The van der Waals surface area contributed by atoms with E-state index in [1.165, 1.54) is 48.7 Å². The summed E-state index contributed by atoms with van der Waals surface area (Å²) in [6.45, 7) is 1.92. The van der Waals surface area contributed by atoms with Crippen molar-refractivity contribution in [1.82, 2.24) is 5.43 Å². The lowest BCUT2D eigenvalue weighted by atomic mass is 10.1. The number of nitrogens with zero attached hydrogens (tertiary/aromatic N) is 1. The maximum Gasteiger partial charge on any atom is 0.343 e. The number of rotatable bonds is 7. The van der Waals surface area contributed by atoms with Gasteiger partial charge in [-0.15, -0.1) is 0 Å². The molecule has 1 amide bonds. The molecular formula is C29H20Cl2N2O5. The number of halogens is 2. The van der Waals surface area contributed by atoms with Gasteiger partial charge in [0.15, 0.2) is 0 Å². The second kappa shape index (κ2) is 12.2. The zero-order chi connectivity index (χ0) is 27.1. The Labute approximate surface area is 228 Å². The third-order valence-corrected chi connectivity index (χ3v) is 5.75.